The van der Waals surface area contributed by atoms with Crippen LogP contribution in [0.1, 0.15) is 49.1 Å². The number of carboxylic acid groups (broad SMARTS) is 1. The number of benzene rings is 1. The number of allylic oxidation sites excluding steroid dienone is 2. The smallest absolute Gasteiger partial charge is 0.311 e. The van der Waals surface area contributed by atoms with Crippen LogP contribution in [0.4, 0.5) is 0 Å². The molecule has 96 valence electrons. The van der Waals surface area contributed by atoms with E-state index >= 15 is 0 Å². The van der Waals surface area contributed by atoms with Crippen molar-refractivity contribution in [3.05, 3.63) is 47.5 Å². The molecule has 1 unspecified atom stereocenters. The van der Waals surface area contributed by atoms with Crippen molar-refractivity contribution in [3.8, 4) is 0 Å². The molecule has 0 fully saturated rings. The van der Waals surface area contributed by atoms with Crippen LogP contribution in [0.5, 0.6) is 0 Å². The Balaban J connectivity index is 2.32. The van der Waals surface area contributed by atoms with E-state index in [0.29, 0.717) is 6.42 Å². The van der Waals surface area contributed by atoms with Crippen molar-refractivity contribution in [2.45, 2.75) is 44.4 Å². The summed E-state index contributed by atoms with van der Waals surface area (Å²) in [6, 6.07) is 8.00. The summed E-state index contributed by atoms with van der Waals surface area (Å²) in [5, 5.41) is 9.40. The molecule has 1 aliphatic rings. The lowest BCUT2D eigenvalue weighted by Gasteiger charge is -2.15. The number of fused-ring (bicyclic) bond motifs is 1. The van der Waals surface area contributed by atoms with Gasteiger partial charge in [-0.25, -0.2) is 0 Å². The monoisotopic (exact) mass is 244 g/mol. The molecule has 0 aromatic heterocycles. The van der Waals surface area contributed by atoms with Gasteiger partial charge >= 0.3 is 5.97 Å². The van der Waals surface area contributed by atoms with Crippen molar-refractivity contribution >= 4 is 5.97 Å². The molecule has 0 bridgehead atoms. The number of aryl methyl sites for hydroxylation is 1. The Labute approximate surface area is 108 Å². The number of rotatable bonds is 1. The lowest BCUT2D eigenvalue weighted by atomic mass is 9.89. The van der Waals surface area contributed by atoms with Crippen LogP contribution in [-0.4, -0.2) is 11.1 Å². The van der Waals surface area contributed by atoms with Crippen molar-refractivity contribution < 1.29 is 9.90 Å². The highest BCUT2D eigenvalue weighted by molar-refractivity contribution is 5.76. The first-order chi connectivity index (χ1) is 8.79. The fourth-order valence-corrected chi connectivity index (χ4v) is 2.57. The fourth-order valence-electron chi connectivity index (χ4n) is 2.57. The Morgan fingerprint density at radius 3 is 2.78 bits per heavy atom. The third-order valence-electron chi connectivity index (χ3n) is 3.58. The van der Waals surface area contributed by atoms with Gasteiger partial charge in [0.2, 0.25) is 0 Å². The van der Waals surface area contributed by atoms with E-state index in [0.717, 1.165) is 24.8 Å². The maximum atomic E-state index is 11.4. The molecule has 2 rings (SSSR count). The average Bonchev–Trinajstić information content (AvgIpc) is 2.41. The summed E-state index contributed by atoms with van der Waals surface area (Å²) in [5.41, 5.74) is 2.21. The van der Waals surface area contributed by atoms with Gasteiger partial charge in [0.25, 0.3) is 0 Å². The molecule has 0 heterocycles. The van der Waals surface area contributed by atoms with Crippen LogP contribution in [0.15, 0.2) is 36.4 Å². The second kappa shape index (κ2) is 6.39. The third kappa shape index (κ3) is 3.22. The topological polar surface area (TPSA) is 37.3 Å². The molecule has 0 radical (unpaired) electrons. The van der Waals surface area contributed by atoms with E-state index in [-0.39, 0.29) is 0 Å². The van der Waals surface area contributed by atoms with Gasteiger partial charge in [-0.2, -0.15) is 0 Å². The minimum absolute atomic E-state index is 0.393. The van der Waals surface area contributed by atoms with Gasteiger partial charge in [-0.15, -0.1) is 0 Å². The molecule has 0 saturated carbocycles. The predicted molar refractivity (Wildman–Crippen MR) is 72.7 cm³/mol. The molecule has 0 saturated heterocycles. The lowest BCUT2D eigenvalue weighted by Crippen LogP contribution is -2.13. The molecule has 1 aromatic rings. The summed E-state index contributed by atoms with van der Waals surface area (Å²) in [6.07, 6.45) is 10.4. The van der Waals surface area contributed by atoms with Gasteiger partial charge in [-0.3, -0.25) is 4.79 Å². The van der Waals surface area contributed by atoms with Crippen molar-refractivity contribution in [3.63, 3.8) is 0 Å². The summed E-state index contributed by atoms with van der Waals surface area (Å²) < 4.78 is 0. The van der Waals surface area contributed by atoms with Gasteiger partial charge in [-0.05, 0) is 43.2 Å². The zero-order valence-electron chi connectivity index (χ0n) is 10.6. The molecule has 0 aliphatic heterocycles. The highest BCUT2D eigenvalue weighted by Gasteiger charge is 2.21. The molecule has 2 nitrogen and oxygen atoms in total. The maximum absolute atomic E-state index is 11.4. The van der Waals surface area contributed by atoms with E-state index in [1.54, 1.807) is 0 Å². The van der Waals surface area contributed by atoms with Gasteiger partial charge in [0, 0.05) is 0 Å². The predicted octanol–water partition coefficient (Wildman–Crippen LogP) is 3.92. The number of hydrogen-bond donors (Lipinski definition) is 1. The summed E-state index contributed by atoms with van der Waals surface area (Å²) in [7, 11) is 0. The standard InChI is InChI=1S/C16H20O2/c17-16(18)15-12-6-4-2-1-3-5-9-13-10-7-8-11-14(13)15/h4,6-8,10-11,15H,1-3,5,9,12H2,(H,17,18). The normalized spacial score (nSPS) is 20.8. The Hall–Kier alpha value is -1.57. The fraction of sp³-hybridized carbons (Fsp3) is 0.438. The van der Waals surface area contributed by atoms with Crippen molar-refractivity contribution in [1.29, 1.82) is 0 Å². The van der Waals surface area contributed by atoms with Gasteiger partial charge in [-0.1, -0.05) is 42.8 Å². The van der Waals surface area contributed by atoms with Crippen LogP contribution in [0, 0.1) is 0 Å². The highest BCUT2D eigenvalue weighted by Crippen LogP contribution is 2.26. The summed E-state index contributed by atoms with van der Waals surface area (Å²) in [6.45, 7) is 0. The molecule has 0 amide bonds. The van der Waals surface area contributed by atoms with Crippen LogP contribution in [0.3, 0.4) is 0 Å². The second-order valence-corrected chi connectivity index (χ2v) is 4.90. The second-order valence-electron chi connectivity index (χ2n) is 4.90. The molecule has 18 heavy (non-hydrogen) atoms. The number of hydrogen-bond acceptors (Lipinski definition) is 1. The Kier molecular flexibility index (Phi) is 4.57. The van der Waals surface area contributed by atoms with Crippen molar-refractivity contribution in [2.75, 3.05) is 0 Å². The Morgan fingerprint density at radius 1 is 1.11 bits per heavy atom. The van der Waals surface area contributed by atoms with E-state index in [1.165, 1.54) is 18.4 Å². The Morgan fingerprint density at radius 2 is 1.94 bits per heavy atom. The van der Waals surface area contributed by atoms with Crippen LogP contribution in [0.25, 0.3) is 0 Å². The molecular formula is C16H20O2. The largest absolute Gasteiger partial charge is 0.481 e. The third-order valence-corrected chi connectivity index (χ3v) is 3.58. The van der Waals surface area contributed by atoms with E-state index in [1.807, 2.05) is 24.3 Å². The van der Waals surface area contributed by atoms with Gasteiger partial charge in [0.15, 0.2) is 0 Å². The first-order valence-corrected chi connectivity index (χ1v) is 6.74. The Bertz CT molecular complexity index is 434. The van der Waals surface area contributed by atoms with Gasteiger partial charge in [0.05, 0.1) is 5.92 Å². The zero-order chi connectivity index (χ0) is 12.8. The summed E-state index contributed by atoms with van der Waals surface area (Å²) >= 11 is 0. The van der Waals surface area contributed by atoms with E-state index in [2.05, 4.69) is 12.1 Å². The highest BCUT2D eigenvalue weighted by atomic mass is 16.4. The summed E-state index contributed by atoms with van der Waals surface area (Å²) in [4.78, 5) is 11.4. The minimum Gasteiger partial charge on any atom is -0.481 e. The minimum atomic E-state index is -0.716. The van der Waals surface area contributed by atoms with E-state index in [9.17, 15) is 9.90 Å². The van der Waals surface area contributed by atoms with E-state index < -0.39 is 11.9 Å². The van der Waals surface area contributed by atoms with Crippen LogP contribution in [0.2, 0.25) is 0 Å². The van der Waals surface area contributed by atoms with Gasteiger partial charge in [0.1, 0.15) is 0 Å². The van der Waals surface area contributed by atoms with Crippen molar-refractivity contribution in [2.24, 2.45) is 0 Å². The molecule has 1 aliphatic carbocycles. The van der Waals surface area contributed by atoms with Crippen molar-refractivity contribution in [1.82, 2.24) is 0 Å². The molecule has 2 heteroatoms. The average molecular weight is 244 g/mol. The molecular weight excluding hydrogens is 224 g/mol. The first-order valence-electron chi connectivity index (χ1n) is 6.74. The van der Waals surface area contributed by atoms with Gasteiger partial charge < -0.3 is 5.11 Å². The van der Waals surface area contributed by atoms with E-state index in [4.69, 9.17) is 0 Å². The SMILES string of the molecule is O=C(O)C1CC=CCCCCCc2ccccc21. The maximum Gasteiger partial charge on any atom is 0.311 e. The number of carbonyl (C=O) groups is 1. The van der Waals surface area contributed by atoms with Crippen LogP contribution >= 0.6 is 0 Å². The quantitative estimate of drug-likeness (QED) is 0.760. The zero-order valence-corrected chi connectivity index (χ0v) is 10.6. The first kappa shape index (κ1) is 12.9. The molecule has 0 spiro atoms. The number of aliphatic carboxylic acids is 1. The molecule has 1 aromatic carbocycles. The van der Waals surface area contributed by atoms with Crippen LogP contribution < -0.4 is 0 Å². The molecule has 1 N–H and O–H groups in total. The summed E-state index contributed by atoms with van der Waals surface area (Å²) in [5.74, 6) is -1.11. The number of carboxylic acids is 1. The lowest BCUT2D eigenvalue weighted by molar-refractivity contribution is -0.138. The van der Waals surface area contributed by atoms with Crippen LogP contribution in [-0.2, 0) is 11.2 Å². The molecule has 1 atom stereocenters.